The van der Waals surface area contributed by atoms with Crippen LogP contribution in [-0.4, -0.2) is 64.2 Å². The van der Waals surface area contributed by atoms with E-state index in [0.717, 1.165) is 18.4 Å². The number of carbonyl (C=O) groups excluding carboxylic acids is 3. The number of rotatable bonds is 10. The van der Waals surface area contributed by atoms with Gasteiger partial charge in [0.05, 0.1) is 17.4 Å². The summed E-state index contributed by atoms with van der Waals surface area (Å²) in [7, 11) is 0. The summed E-state index contributed by atoms with van der Waals surface area (Å²) in [5.41, 5.74) is -0.839. The lowest BCUT2D eigenvalue weighted by Crippen LogP contribution is -2.56. The van der Waals surface area contributed by atoms with E-state index in [1.807, 2.05) is 44.2 Å². The number of benzene rings is 1. The minimum atomic E-state index is -1.02. The van der Waals surface area contributed by atoms with Gasteiger partial charge in [0.25, 0.3) is 0 Å². The Labute approximate surface area is 201 Å². The van der Waals surface area contributed by atoms with Gasteiger partial charge in [0.15, 0.2) is 0 Å². The van der Waals surface area contributed by atoms with Crippen molar-refractivity contribution in [1.82, 2.24) is 15.5 Å². The molecule has 186 valence electrons. The van der Waals surface area contributed by atoms with Gasteiger partial charge in [0.1, 0.15) is 11.6 Å². The van der Waals surface area contributed by atoms with Gasteiger partial charge >= 0.3 is 0 Å². The minimum absolute atomic E-state index is 0.0260. The predicted octanol–water partition coefficient (Wildman–Crippen LogP) is 1.75. The largest absolute Gasteiger partial charge is 0.396 e. The normalized spacial score (nSPS) is 32.5. The number of carbonyl (C=O) groups is 3. The van der Waals surface area contributed by atoms with Crippen LogP contribution in [0.15, 0.2) is 30.3 Å². The van der Waals surface area contributed by atoms with Gasteiger partial charge in [-0.2, -0.15) is 0 Å². The Hall–Kier alpha value is -2.45. The lowest BCUT2D eigenvalue weighted by molar-refractivity contribution is -0.146. The third-order valence-corrected chi connectivity index (χ3v) is 7.78. The Balaban J connectivity index is 1.61. The van der Waals surface area contributed by atoms with Crippen LogP contribution in [0.1, 0.15) is 58.4 Å². The maximum Gasteiger partial charge on any atom is 0.246 e. The van der Waals surface area contributed by atoms with E-state index in [-0.39, 0.29) is 36.9 Å². The van der Waals surface area contributed by atoms with Gasteiger partial charge in [-0.05, 0) is 45.1 Å². The third kappa shape index (κ3) is 4.11. The molecular formula is C26H37N3O5. The van der Waals surface area contributed by atoms with Crippen molar-refractivity contribution in [3.63, 3.8) is 0 Å². The number of hydrogen-bond donors (Lipinski definition) is 3. The summed E-state index contributed by atoms with van der Waals surface area (Å²) in [6.07, 6.45) is 3.30. The molecule has 3 saturated heterocycles. The lowest BCUT2D eigenvalue weighted by Gasteiger charge is -2.34. The molecule has 34 heavy (non-hydrogen) atoms. The molecule has 3 aliphatic heterocycles. The van der Waals surface area contributed by atoms with Crippen molar-refractivity contribution in [2.45, 2.75) is 82.7 Å². The van der Waals surface area contributed by atoms with Crippen molar-refractivity contribution in [2.24, 2.45) is 11.8 Å². The van der Waals surface area contributed by atoms with E-state index >= 15 is 0 Å². The fraction of sp³-hybridized carbons (Fsp3) is 0.654. The van der Waals surface area contributed by atoms with Gasteiger partial charge in [0, 0.05) is 25.7 Å². The predicted molar refractivity (Wildman–Crippen MR) is 126 cm³/mol. The number of nitrogens with one attached hydrogen (secondary N) is 2. The van der Waals surface area contributed by atoms with Crippen molar-refractivity contribution in [3.8, 4) is 0 Å². The van der Waals surface area contributed by atoms with Crippen LogP contribution in [0.3, 0.4) is 0 Å². The van der Waals surface area contributed by atoms with Gasteiger partial charge in [-0.25, -0.2) is 0 Å². The molecule has 3 aliphatic rings. The maximum absolute atomic E-state index is 13.7. The maximum atomic E-state index is 13.7. The van der Waals surface area contributed by atoms with Crippen LogP contribution in [0, 0.1) is 11.8 Å². The van der Waals surface area contributed by atoms with Crippen LogP contribution >= 0.6 is 0 Å². The fourth-order valence-electron chi connectivity index (χ4n) is 6.33. The Bertz CT molecular complexity index is 924. The quantitative estimate of drug-likeness (QED) is 0.482. The van der Waals surface area contributed by atoms with Crippen LogP contribution in [0.5, 0.6) is 0 Å². The SMILES string of the molecule is CCCC(C)NC(=O)C1N(CCCO)C(=O)[C@@H]2[C@H](C(=O)NCc3ccccc3)[C@]3(C)CCC12O3. The van der Waals surface area contributed by atoms with E-state index in [1.165, 1.54) is 0 Å². The second-order valence-corrected chi connectivity index (χ2v) is 10.2. The van der Waals surface area contributed by atoms with Crippen LogP contribution in [0.25, 0.3) is 0 Å². The summed E-state index contributed by atoms with van der Waals surface area (Å²) < 4.78 is 6.57. The molecule has 0 aliphatic carbocycles. The van der Waals surface area contributed by atoms with E-state index < -0.39 is 29.1 Å². The van der Waals surface area contributed by atoms with E-state index in [0.29, 0.717) is 25.8 Å². The lowest BCUT2D eigenvalue weighted by atomic mass is 9.66. The Morgan fingerprint density at radius 3 is 2.65 bits per heavy atom. The zero-order chi connectivity index (χ0) is 24.5. The highest BCUT2D eigenvalue weighted by molar-refractivity contribution is 5.99. The molecular weight excluding hydrogens is 434 g/mol. The van der Waals surface area contributed by atoms with Crippen molar-refractivity contribution in [2.75, 3.05) is 13.2 Å². The molecule has 3 N–H and O–H groups in total. The van der Waals surface area contributed by atoms with Crippen molar-refractivity contribution >= 4 is 17.7 Å². The second-order valence-electron chi connectivity index (χ2n) is 10.2. The standard InChI is InChI=1S/C26H37N3O5/c1-4-9-17(2)28-23(32)21-26-13-12-25(3,34-26)19(20(26)24(33)29(21)14-8-15-30)22(31)27-16-18-10-6-5-7-11-18/h5-7,10-11,17,19-21,30H,4,8-9,12-16H2,1-3H3,(H,27,31)(H,28,32)/t17?,19-,20+,21?,25+,26?/m1/s1. The molecule has 0 aromatic heterocycles. The fourth-order valence-corrected chi connectivity index (χ4v) is 6.33. The van der Waals surface area contributed by atoms with Gasteiger partial charge in [-0.3, -0.25) is 14.4 Å². The topological polar surface area (TPSA) is 108 Å². The molecule has 8 heteroatoms. The van der Waals surface area contributed by atoms with E-state index in [2.05, 4.69) is 17.6 Å². The second kappa shape index (κ2) is 9.66. The van der Waals surface area contributed by atoms with Crippen LogP contribution in [0.4, 0.5) is 0 Å². The third-order valence-electron chi connectivity index (χ3n) is 7.78. The summed E-state index contributed by atoms with van der Waals surface area (Å²) in [6.45, 7) is 6.46. The number of nitrogens with zero attached hydrogens (tertiary/aromatic N) is 1. The Kier molecular flexibility index (Phi) is 7.01. The van der Waals surface area contributed by atoms with Crippen molar-refractivity contribution in [3.05, 3.63) is 35.9 Å². The smallest absolute Gasteiger partial charge is 0.246 e. The molecule has 3 amide bonds. The highest BCUT2D eigenvalue weighted by Gasteiger charge is 2.77. The average Bonchev–Trinajstić information content (AvgIpc) is 3.37. The highest BCUT2D eigenvalue weighted by Crippen LogP contribution is 2.63. The average molecular weight is 472 g/mol. The molecule has 4 rings (SSSR count). The Morgan fingerprint density at radius 2 is 1.97 bits per heavy atom. The molecule has 1 aromatic rings. The molecule has 3 unspecified atom stereocenters. The molecule has 2 bridgehead atoms. The molecule has 3 heterocycles. The monoisotopic (exact) mass is 471 g/mol. The van der Waals surface area contributed by atoms with Gasteiger partial charge in [0.2, 0.25) is 17.7 Å². The van der Waals surface area contributed by atoms with E-state index in [1.54, 1.807) is 4.90 Å². The summed E-state index contributed by atoms with van der Waals surface area (Å²) >= 11 is 0. The zero-order valence-electron chi connectivity index (χ0n) is 20.4. The minimum Gasteiger partial charge on any atom is -0.396 e. The van der Waals surface area contributed by atoms with Crippen molar-refractivity contribution in [1.29, 1.82) is 0 Å². The van der Waals surface area contributed by atoms with Gasteiger partial charge in [-0.15, -0.1) is 0 Å². The molecule has 0 radical (unpaired) electrons. The molecule has 6 atom stereocenters. The zero-order valence-corrected chi connectivity index (χ0v) is 20.4. The first-order valence-corrected chi connectivity index (χ1v) is 12.5. The first kappa shape index (κ1) is 24.7. The molecule has 0 saturated carbocycles. The first-order valence-electron chi connectivity index (χ1n) is 12.5. The number of fused-ring (bicyclic) bond motifs is 1. The highest BCUT2D eigenvalue weighted by atomic mass is 16.5. The molecule has 1 aromatic carbocycles. The summed E-state index contributed by atoms with van der Waals surface area (Å²) in [4.78, 5) is 42.3. The number of aliphatic hydroxyl groups is 1. The van der Waals surface area contributed by atoms with Gasteiger partial charge < -0.3 is 25.4 Å². The molecule has 1 spiro atoms. The number of hydrogen-bond acceptors (Lipinski definition) is 5. The van der Waals surface area contributed by atoms with E-state index in [4.69, 9.17) is 4.74 Å². The number of ether oxygens (including phenoxy) is 1. The molecule has 8 nitrogen and oxygen atoms in total. The van der Waals surface area contributed by atoms with Crippen LogP contribution in [0.2, 0.25) is 0 Å². The molecule has 3 fully saturated rings. The number of amides is 3. The van der Waals surface area contributed by atoms with Crippen molar-refractivity contribution < 1.29 is 24.2 Å². The first-order chi connectivity index (χ1) is 16.3. The number of likely N-dealkylation sites (tertiary alicyclic amines) is 1. The summed E-state index contributed by atoms with van der Waals surface area (Å²) in [5, 5.41) is 15.5. The van der Waals surface area contributed by atoms with E-state index in [9.17, 15) is 19.5 Å². The van der Waals surface area contributed by atoms with Crippen LogP contribution < -0.4 is 10.6 Å². The Morgan fingerprint density at radius 1 is 1.24 bits per heavy atom. The van der Waals surface area contributed by atoms with Crippen LogP contribution in [-0.2, 0) is 25.7 Å². The summed E-state index contributed by atoms with van der Waals surface area (Å²) in [6, 6.07) is 8.81. The number of aliphatic hydroxyl groups excluding tert-OH is 1. The summed E-state index contributed by atoms with van der Waals surface area (Å²) in [5.74, 6) is -2.05. The van der Waals surface area contributed by atoms with Gasteiger partial charge in [-0.1, -0.05) is 43.7 Å².